The number of anilines is 2. The van der Waals surface area contributed by atoms with E-state index in [0.717, 1.165) is 36.8 Å². The van der Waals surface area contributed by atoms with Crippen molar-refractivity contribution in [2.45, 2.75) is 65.0 Å². The van der Waals surface area contributed by atoms with Crippen molar-refractivity contribution >= 4 is 39.9 Å². The standard InChI is InChI=1S/C27H35N3O4S/c1-19-13-15-23(16-14-19)28-25(31)17-35(34)18-26(32)30(24-12-8-7-9-20(24)2)21(3)27(33)29-22-10-5-4-6-11-22/h7-9,12-16,21-22H,4-6,10-11,17-18H2,1-3H3,(H,28,31)(H,29,33)/t21-,35-/m0/s1. The third-order valence-corrected chi connectivity index (χ3v) is 7.43. The zero-order valence-electron chi connectivity index (χ0n) is 20.7. The molecule has 0 aromatic heterocycles. The molecule has 1 saturated carbocycles. The quantitative estimate of drug-likeness (QED) is 0.550. The van der Waals surface area contributed by atoms with Crippen molar-refractivity contribution in [3.63, 3.8) is 0 Å². The molecule has 2 atom stereocenters. The number of para-hydroxylation sites is 1. The van der Waals surface area contributed by atoms with Gasteiger partial charge in [-0.15, -0.1) is 0 Å². The molecule has 188 valence electrons. The molecule has 0 unspecified atom stereocenters. The fraction of sp³-hybridized carbons (Fsp3) is 0.444. The average molecular weight is 498 g/mol. The van der Waals surface area contributed by atoms with Crippen LogP contribution in [0.2, 0.25) is 0 Å². The second kappa shape index (κ2) is 12.6. The molecule has 0 radical (unpaired) electrons. The highest BCUT2D eigenvalue weighted by Crippen LogP contribution is 2.23. The van der Waals surface area contributed by atoms with Gasteiger partial charge in [0.2, 0.25) is 17.7 Å². The summed E-state index contributed by atoms with van der Waals surface area (Å²) in [6.07, 6.45) is 5.24. The van der Waals surface area contributed by atoms with Crippen LogP contribution in [0.3, 0.4) is 0 Å². The van der Waals surface area contributed by atoms with E-state index < -0.39 is 28.7 Å². The Morgan fingerprint density at radius 1 is 0.971 bits per heavy atom. The molecule has 3 amide bonds. The van der Waals surface area contributed by atoms with Crippen LogP contribution >= 0.6 is 0 Å². The van der Waals surface area contributed by atoms with Crippen LogP contribution in [0.1, 0.15) is 50.2 Å². The van der Waals surface area contributed by atoms with Gasteiger partial charge in [0.05, 0.1) is 0 Å². The molecule has 2 N–H and O–H groups in total. The Bertz CT molecular complexity index is 1060. The van der Waals surface area contributed by atoms with Crippen molar-refractivity contribution in [1.82, 2.24) is 5.32 Å². The normalized spacial score (nSPS) is 15.6. The van der Waals surface area contributed by atoms with Gasteiger partial charge in [-0.2, -0.15) is 0 Å². The van der Waals surface area contributed by atoms with Crippen LogP contribution in [0.5, 0.6) is 0 Å². The highest BCUT2D eigenvalue weighted by Gasteiger charge is 2.31. The second-order valence-corrected chi connectivity index (χ2v) is 10.7. The van der Waals surface area contributed by atoms with Gasteiger partial charge in [0.15, 0.2) is 0 Å². The SMILES string of the molecule is Cc1ccc(NC(=O)C[S@](=O)CC(=O)N(c2ccccc2C)[C@@H](C)C(=O)NC2CCCCC2)cc1. The summed E-state index contributed by atoms with van der Waals surface area (Å²) < 4.78 is 12.7. The molecule has 1 aliphatic carbocycles. The Labute approximate surface area is 210 Å². The maximum atomic E-state index is 13.3. The molecule has 2 aromatic rings. The first kappa shape index (κ1) is 26.6. The van der Waals surface area contributed by atoms with E-state index in [2.05, 4.69) is 10.6 Å². The Balaban J connectivity index is 1.68. The van der Waals surface area contributed by atoms with Gasteiger partial charge >= 0.3 is 0 Å². The van der Waals surface area contributed by atoms with Crippen LogP contribution in [-0.4, -0.2) is 45.5 Å². The van der Waals surface area contributed by atoms with Gasteiger partial charge in [-0.1, -0.05) is 55.2 Å². The molecular formula is C27H35N3O4S. The van der Waals surface area contributed by atoms with Crippen molar-refractivity contribution in [3.8, 4) is 0 Å². The maximum absolute atomic E-state index is 13.3. The highest BCUT2D eigenvalue weighted by molar-refractivity contribution is 7.86. The molecule has 0 saturated heterocycles. The zero-order chi connectivity index (χ0) is 25.4. The van der Waals surface area contributed by atoms with E-state index in [1.54, 1.807) is 31.2 Å². The average Bonchev–Trinajstić information content (AvgIpc) is 2.82. The molecule has 0 spiro atoms. The summed E-state index contributed by atoms with van der Waals surface area (Å²) in [5, 5.41) is 5.80. The van der Waals surface area contributed by atoms with Crippen molar-refractivity contribution in [2.24, 2.45) is 0 Å². The molecular weight excluding hydrogens is 462 g/mol. The van der Waals surface area contributed by atoms with Crippen molar-refractivity contribution in [3.05, 3.63) is 59.7 Å². The largest absolute Gasteiger partial charge is 0.352 e. The van der Waals surface area contributed by atoms with Gasteiger partial charge in [0.1, 0.15) is 17.5 Å². The number of aryl methyl sites for hydroxylation is 2. The first-order valence-corrected chi connectivity index (χ1v) is 13.6. The number of nitrogens with one attached hydrogen (secondary N) is 2. The van der Waals surface area contributed by atoms with Crippen LogP contribution in [0.4, 0.5) is 11.4 Å². The first-order chi connectivity index (χ1) is 16.7. The Kier molecular flexibility index (Phi) is 9.60. The maximum Gasteiger partial charge on any atom is 0.243 e. The van der Waals surface area contributed by atoms with Crippen molar-refractivity contribution < 1.29 is 18.6 Å². The number of nitrogens with zero attached hydrogens (tertiary/aromatic N) is 1. The lowest BCUT2D eigenvalue weighted by atomic mass is 9.95. The number of carbonyl (C=O) groups is 3. The molecule has 7 nitrogen and oxygen atoms in total. The van der Waals surface area contributed by atoms with Gasteiger partial charge in [-0.05, 0) is 57.4 Å². The third kappa shape index (κ3) is 7.75. The Hall–Kier alpha value is -3.00. The fourth-order valence-corrected chi connectivity index (χ4v) is 5.20. The second-order valence-electron chi connectivity index (χ2n) is 9.21. The molecule has 0 aliphatic heterocycles. The fourth-order valence-electron chi connectivity index (χ4n) is 4.32. The Morgan fingerprint density at radius 3 is 2.29 bits per heavy atom. The molecule has 35 heavy (non-hydrogen) atoms. The summed E-state index contributed by atoms with van der Waals surface area (Å²) in [4.78, 5) is 40.2. The van der Waals surface area contributed by atoms with Gasteiger partial charge in [-0.3, -0.25) is 23.5 Å². The molecule has 3 rings (SSSR count). The summed E-state index contributed by atoms with van der Waals surface area (Å²) in [6.45, 7) is 5.51. The lowest BCUT2D eigenvalue weighted by molar-refractivity contribution is -0.126. The molecule has 2 aromatic carbocycles. The van der Waals surface area contributed by atoms with E-state index in [1.165, 1.54) is 11.3 Å². The number of benzene rings is 2. The first-order valence-electron chi connectivity index (χ1n) is 12.1. The van der Waals surface area contributed by atoms with Crippen LogP contribution in [0, 0.1) is 13.8 Å². The van der Waals surface area contributed by atoms with Gasteiger partial charge in [0, 0.05) is 28.2 Å². The Morgan fingerprint density at radius 2 is 1.63 bits per heavy atom. The predicted molar refractivity (Wildman–Crippen MR) is 141 cm³/mol. The van der Waals surface area contributed by atoms with E-state index in [4.69, 9.17) is 0 Å². The zero-order valence-corrected chi connectivity index (χ0v) is 21.5. The molecule has 8 heteroatoms. The molecule has 0 bridgehead atoms. The summed E-state index contributed by atoms with van der Waals surface area (Å²) in [7, 11) is -1.73. The highest BCUT2D eigenvalue weighted by atomic mass is 32.2. The van der Waals surface area contributed by atoms with Crippen LogP contribution < -0.4 is 15.5 Å². The number of rotatable bonds is 9. The van der Waals surface area contributed by atoms with Crippen LogP contribution in [-0.2, 0) is 25.2 Å². The van der Waals surface area contributed by atoms with Crippen LogP contribution in [0.15, 0.2) is 48.5 Å². The van der Waals surface area contributed by atoms with Gasteiger partial charge in [0.25, 0.3) is 0 Å². The lowest BCUT2D eigenvalue weighted by Crippen LogP contribution is -2.52. The minimum Gasteiger partial charge on any atom is -0.352 e. The predicted octanol–water partition coefficient (Wildman–Crippen LogP) is 3.86. The van der Waals surface area contributed by atoms with Crippen molar-refractivity contribution in [1.29, 1.82) is 0 Å². The minimum absolute atomic E-state index is 0.118. The number of hydrogen-bond donors (Lipinski definition) is 2. The minimum atomic E-state index is -1.73. The number of hydrogen-bond acceptors (Lipinski definition) is 4. The van der Waals surface area contributed by atoms with Crippen LogP contribution in [0.25, 0.3) is 0 Å². The van der Waals surface area contributed by atoms with Gasteiger partial charge < -0.3 is 10.6 Å². The monoisotopic (exact) mass is 497 g/mol. The van der Waals surface area contributed by atoms with E-state index in [1.807, 2.05) is 38.1 Å². The van der Waals surface area contributed by atoms with E-state index in [9.17, 15) is 18.6 Å². The van der Waals surface area contributed by atoms with E-state index in [0.29, 0.717) is 11.4 Å². The number of amides is 3. The summed E-state index contributed by atoms with van der Waals surface area (Å²) >= 11 is 0. The summed E-state index contributed by atoms with van der Waals surface area (Å²) in [5.41, 5.74) is 3.11. The van der Waals surface area contributed by atoms with E-state index in [-0.39, 0.29) is 23.5 Å². The summed E-state index contributed by atoms with van der Waals surface area (Å²) in [5.74, 6) is -1.75. The van der Waals surface area contributed by atoms with Gasteiger partial charge in [-0.25, -0.2) is 0 Å². The summed E-state index contributed by atoms with van der Waals surface area (Å²) in [6, 6.07) is 13.9. The topological polar surface area (TPSA) is 95.6 Å². The smallest absolute Gasteiger partial charge is 0.243 e. The molecule has 1 aliphatic rings. The molecule has 1 fully saturated rings. The number of carbonyl (C=O) groups excluding carboxylic acids is 3. The lowest BCUT2D eigenvalue weighted by Gasteiger charge is -2.32. The van der Waals surface area contributed by atoms with Crippen molar-refractivity contribution in [2.75, 3.05) is 21.7 Å². The van der Waals surface area contributed by atoms with E-state index >= 15 is 0 Å². The molecule has 0 heterocycles. The third-order valence-electron chi connectivity index (χ3n) is 6.27.